The van der Waals surface area contributed by atoms with Gasteiger partial charge in [0.05, 0.1) is 0 Å². The van der Waals surface area contributed by atoms with Crippen molar-refractivity contribution in [3.8, 4) is 5.75 Å². The minimum absolute atomic E-state index is 0.110. The Labute approximate surface area is 93.1 Å². The molecule has 0 bridgehead atoms. The third-order valence-electron chi connectivity index (χ3n) is 2.67. The molecule has 1 rings (SSSR count). The number of benzene rings is 1. The standard InChI is InChI=1S/C14H21O/c1-12(2)6-4-3-5-7-13-8-10-14(15)11-9-13/h8-12H,3-7H2,1-2H3. The zero-order valence-electron chi connectivity index (χ0n) is 9.83. The van der Waals surface area contributed by atoms with E-state index in [-0.39, 0.29) is 5.75 Å². The molecule has 0 atom stereocenters. The molecule has 0 amide bonds. The first-order valence-electron chi connectivity index (χ1n) is 5.94. The summed E-state index contributed by atoms with van der Waals surface area (Å²) in [6.07, 6.45) is 6.32. The Balaban J connectivity index is 2.12. The zero-order chi connectivity index (χ0) is 11.1. The second kappa shape index (κ2) is 6.49. The van der Waals surface area contributed by atoms with Gasteiger partial charge in [0.2, 0.25) is 0 Å². The number of aryl methyl sites for hydroxylation is 1. The Kier molecular flexibility index (Phi) is 5.23. The molecule has 0 aromatic heterocycles. The minimum atomic E-state index is 0.110. The lowest BCUT2D eigenvalue weighted by Crippen LogP contribution is -1.89. The van der Waals surface area contributed by atoms with Gasteiger partial charge in [0, 0.05) is 0 Å². The summed E-state index contributed by atoms with van der Waals surface area (Å²) in [5.74, 6) is 0.934. The average Bonchev–Trinajstić information content (AvgIpc) is 2.20. The lowest BCUT2D eigenvalue weighted by molar-refractivity contribution is 0.354. The van der Waals surface area contributed by atoms with E-state index in [1.54, 1.807) is 12.1 Å². The lowest BCUT2D eigenvalue weighted by Gasteiger charge is -2.04. The second-order valence-electron chi connectivity index (χ2n) is 4.64. The van der Waals surface area contributed by atoms with Gasteiger partial charge in [-0.2, -0.15) is 0 Å². The number of unbranched alkanes of at least 4 members (excludes halogenated alkanes) is 2. The molecule has 0 spiro atoms. The highest BCUT2D eigenvalue weighted by Gasteiger charge is 1.96. The third-order valence-corrected chi connectivity index (χ3v) is 2.67. The molecule has 1 aromatic carbocycles. The van der Waals surface area contributed by atoms with Crippen LogP contribution in [0, 0.1) is 5.92 Å². The molecule has 15 heavy (non-hydrogen) atoms. The van der Waals surface area contributed by atoms with E-state index >= 15 is 0 Å². The molecule has 0 aliphatic rings. The third kappa shape index (κ3) is 5.46. The van der Waals surface area contributed by atoms with Crippen molar-refractivity contribution in [2.75, 3.05) is 0 Å². The Morgan fingerprint density at radius 2 is 1.67 bits per heavy atom. The molecular formula is C14H21O. The van der Waals surface area contributed by atoms with Gasteiger partial charge in [-0.05, 0) is 36.5 Å². The van der Waals surface area contributed by atoms with Crippen molar-refractivity contribution in [3.05, 3.63) is 29.8 Å². The van der Waals surface area contributed by atoms with Gasteiger partial charge in [-0.3, -0.25) is 5.11 Å². The molecule has 0 aliphatic carbocycles. The van der Waals surface area contributed by atoms with E-state index in [0.29, 0.717) is 0 Å². The van der Waals surface area contributed by atoms with Crippen molar-refractivity contribution in [1.29, 1.82) is 0 Å². The van der Waals surface area contributed by atoms with Gasteiger partial charge in [0.15, 0.2) is 5.75 Å². The predicted molar refractivity (Wildman–Crippen MR) is 63.6 cm³/mol. The van der Waals surface area contributed by atoms with Crippen LogP contribution in [0.4, 0.5) is 0 Å². The van der Waals surface area contributed by atoms with Crippen LogP contribution >= 0.6 is 0 Å². The monoisotopic (exact) mass is 205 g/mol. The summed E-state index contributed by atoms with van der Waals surface area (Å²) in [6.45, 7) is 4.54. The zero-order valence-corrected chi connectivity index (χ0v) is 9.83. The van der Waals surface area contributed by atoms with Gasteiger partial charge < -0.3 is 0 Å². The van der Waals surface area contributed by atoms with E-state index in [2.05, 4.69) is 13.8 Å². The van der Waals surface area contributed by atoms with Crippen molar-refractivity contribution < 1.29 is 5.11 Å². The Morgan fingerprint density at radius 1 is 1.00 bits per heavy atom. The van der Waals surface area contributed by atoms with E-state index in [4.69, 9.17) is 0 Å². The van der Waals surface area contributed by atoms with Gasteiger partial charge in [0.25, 0.3) is 0 Å². The fraction of sp³-hybridized carbons (Fsp3) is 0.571. The lowest BCUT2D eigenvalue weighted by atomic mass is 10.0. The van der Waals surface area contributed by atoms with Gasteiger partial charge in [-0.15, -0.1) is 0 Å². The minimum Gasteiger partial charge on any atom is -0.290 e. The maximum absolute atomic E-state index is 10.9. The van der Waals surface area contributed by atoms with Crippen molar-refractivity contribution in [2.24, 2.45) is 5.92 Å². The quantitative estimate of drug-likeness (QED) is 0.605. The van der Waals surface area contributed by atoms with Gasteiger partial charge in [-0.25, -0.2) is 0 Å². The molecule has 0 saturated heterocycles. The van der Waals surface area contributed by atoms with Gasteiger partial charge >= 0.3 is 0 Å². The van der Waals surface area contributed by atoms with Crippen molar-refractivity contribution in [1.82, 2.24) is 0 Å². The molecule has 0 saturated carbocycles. The van der Waals surface area contributed by atoms with Crippen LogP contribution in [0.3, 0.4) is 0 Å². The van der Waals surface area contributed by atoms with E-state index in [0.717, 1.165) is 12.3 Å². The molecule has 0 N–H and O–H groups in total. The molecular weight excluding hydrogens is 184 g/mol. The summed E-state index contributed by atoms with van der Waals surface area (Å²) in [5, 5.41) is 10.9. The number of hydrogen-bond donors (Lipinski definition) is 0. The summed E-state index contributed by atoms with van der Waals surface area (Å²) in [4.78, 5) is 0. The Hall–Kier alpha value is -0.980. The van der Waals surface area contributed by atoms with Crippen LogP contribution in [-0.2, 0) is 11.5 Å². The van der Waals surface area contributed by atoms with Crippen LogP contribution < -0.4 is 0 Å². The Morgan fingerprint density at radius 3 is 2.27 bits per heavy atom. The average molecular weight is 205 g/mol. The van der Waals surface area contributed by atoms with Crippen LogP contribution in [0.15, 0.2) is 24.3 Å². The predicted octanol–water partition coefficient (Wildman–Crippen LogP) is 4.59. The van der Waals surface area contributed by atoms with Crippen LogP contribution in [-0.4, -0.2) is 0 Å². The van der Waals surface area contributed by atoms with Gasteiger partial charge in [0.1, 0.15) is 0 Å². The molecule has 83 valence electrons. The maximum Gasteiger partial charge on any atom is 0.178 e. The highest BCUT2D eigenvalue weighted by Crippen LogP contribution is 2.14. The SMILES string of the molecule is CC(C)CCCCCc1ccc([O])cc1. The number of rotatable bonds is 6. The smallest absolute Gasteiger partial charge is 0.178 e. The first kappa shape index (κ1) is 12.1. The summed E-state index contributed by atoms with van der Waals surface area (Å²) >= 11 is 0. The second-order valence-corrected chi connectivity index (χ2v) is 4.64. The van der Waals surface area contributed by atoms with Crippen molar-refractivity contribution >= 4 is 0 Å². The summed E-state index contributed by atoms with van der Waals surface area (Å²) in [6, 6.07) is 7.21. The van der Waals surface area contributed by atoms with E-state index in [9.17, 15) is 5.11 Å². The van der Waals surface area contributed by atoms with Crippen LogP contribution in [0.25, 0.3) is 0 Å². The van der Waals surface area contributed by atoms with E-state index < -0.39 is 0 Å². The molecule has 1 radical (unpaired) electrons. The largest absolute Gasteiger partial charge is 0.290 e. The maximum atomic E-state index is 10.9. The van der Waals surface area contributed by atoms with Crippen LogP contribution in [0.2, 0.25) is 0 Å². The van der Waals surface area contributed by atoms with Crippen LogP contribution in [0.1, 0.15) is 45.1 Å². The first-order chi connectivity index (χ1) is 7.18. The molecule has 0 fully saturated rings. The van der Waals surface area contributed by atoms with Gasteiger partial charge in [-0.1, -0.05) is 45.2 Å². The summed E-state index contributed by atoms with van der Waals surface area (Å²) in [5.41, 5.74) is 1.29. The van der Waals surface area contributed by atoms with Crippen LogP contribution in [0.5, 0.6) is 5.75 Å². The normalized spacial score (nSPS) is 10.9. The topological polar surface area (TPSA) is 19.9 Å². The highest BCUT2D eigenvalue weighted by atomic mass is 16.3. The molecule has 1 aromatic rings. The fourth-order valence-corrected chi connectivity index (χ4v) is 1.71. The van der Waals surface area contributed by atoms with Crippen molar-refractivity contribution in [3.63, 3.8) is 0 Å². The summed E-state index contributed by atoms with van der Waals surface area (Å²) < 4.78 is 0. The van der Waals surface area contributed by atoms with Crippen molar-refractivity contribution in [2.45, 2.75) is 46.0 Å². The summed E-state index contributed by atoms with van der Waals surface area (Å²) in [7, 11) is 0. The fourth-order valence-electron chi connectivity index (χ4n) is 1.71. The number of hydrogen-bond acceptors (Lipinski definition) is 0. The highest BCUT2D eigenvalue weighted by molar-refractivity contribution is 5.25. The first-order valence-corrected chi connectivity index (χ1v) is 5.94. The molecule has 0 heterocycles. The molecule has 1 heteroatoms. The molecule has 0 unspecified atom stereocenters. The van der Waals surface area contributed by atoms with E-state index in [1.807, 2.05) is 12.1 Å². The Bertz CT molecular complexity index is 261. The molecule has 1 nitrogen and oxygen atoms in total. The molecule has 0 aliphatic heterocycles. The van der Waals surface area contributed by atoms with E-state index in [1.165, 1.54) is 31.2 Å².